The molecule has 1 aromatic heterocycles. The Balaban J connectivity index is 1.32. The number of rotatable bonds is 8. The molecule has 3 aromatic rings. The van der Waals surface area contributed by atoms with Gasteiger partial charge in [0, 0.05) is 24.9 Å². The number of fused-ring (bicyclic) bond motifs is 1. The predicted molar refractivity (Wildman–Crippen MR) is 127 cm³/mol. The third kappa shape index (κ3) is 5.64. The fraction of sp³-hybridized carbons (Fsp3) is 0.280. The lowest BCUT2D eigenvalue weighted by molar-refractivity contribution is -0.125. The Bertz CT molecular complexity index is 1140. The summed E-state index contributed by atoms with van der Waals surface area (Å²) in [6.45, 7) is 0.561. The number of benzene rings is 2. The van der Waals surface area contributed by atoms with Gasteiger partial charge in [-0.15, -0.1) is 0 Å². The van der Waals surface area contributed by atoms with Crippen LogP contribution in [0.5, 0.6) is 5.75 Å². The van der Waals surface area contributed by atoms with Crippen LogP contribution in [-0.2, 0) is 17.6 Å². The summed E-state index contributed by atoms with van der Waals surface area (Å²) in [5, 5.41) is 6.06. The van der Waals surface area contributed by atoms with Gasteiger partial charge < -0.3 is 10.1 Å². The normalized spacial score (nSPS) is 14.9. The quantitative estimate of drug-likeness (QED) is 0.494. The zero-order valence-corrected chi connectivity index (χ0v) is 19.1. The molecule has 170 valence electrons. The Labute approximate surface area is 196 Å². The van der Waals surface area contributed by atoms with Gasteiger partial charge >= 0.3 is 0 Å². The molecule has 2 amide bonds. The second-order valence-corrected chi connectivity index (χ2v) is 8.89. The molecule has 1 aliphatic rings. The molecule has 0 spiro atoms. The van der Waals surface area contributed by atoms with Crippen molar-refractivity contribution < 1.29 is 19.1 Å². The summed E-state index contributed by atoms with van der Waals surface area (Å²) in [7, 11) is 1.56. The van der Waals surface area contributed by atoms with Gasteiger partial charge in [-0.25, -0.2) is 4.98 Å². The van der Waals surface area contributed by atoms with Gasteiger partial charge in [0.05, 0.1) is 23.6 Å². The van der Waals surface area contributed by atoms with Gasteiger partial charge in [0.2, 0.25) is 5.91 Å². The number of methoxy groups -OCH3 is 1. The molecule has 33 heavy (non-hydrogen) atoms. The largest absolute Gasteiger partial charge is 0.497 e. The van der Waals surface area contributed by atoms with Crippen LogP contribution in [0.25, 0.3) is 0 Å². The zero-order valence-electron chi connectivity index (χ0n) is 18.3. The first-order valence-corrected chi connectivity index (χ1v) is 11.6. The molecule has 8 heteroatoms. The standard InChI is InChI=1S/C25H25N3O4S/c1-32-19-11-9-17(10-12-19)24(31)28-25-27-20-14-18(15-21(29)22(20)33-25)23(30)26-13-5-8-16-6-3-2-4-7-16/h2-4,6-7,9-12,18H,5,8,13-15H2,1H3,(H,26,30)(H,27,28,31). The maximum Gasteiger partial charge on any atom is 0.257 e. The number of amides is 2. The molecule has 0 fully saturated rings. The summed E-state index contributed by atoms with van der Waals surface area (Å²) in [4.78, 5) is 42.7. The highest BCUT2D eigenvalue weighted by Gasteiger charge is 2.33. The number of anilines is 1. The van der Waals surface area contributed by atoms with Crippen LogP contribution in [0.1, 0.15) is 44.1 Å². The number of carbonyl (C=O) groups is 3. The molecule has 0 bridgehead atoms. The number of nitrogens with one attached hydrogen (secondary N) is 2. The van der Waals surface area contributed by atoms with Gasteiger partial charge in [-0.3, -0.25) is 19.7 Å². The summed E-state index contributed by atoms with van der Waals surface area (Å²) in [6, 6.07) is 16.8. The van der Waals surface area contributed by atoms with Crippen LogP contribution in [0.2, 0.25) is 0 Å². The molecule has 2 aromatic carbocycles. The van der Waals surface area contributed by atoms with E-state index in [4.69, 9.17) is 4.74 Å². The summed E-state index contributed by atoms with van der Waals surface area (Å²) in [5.41, 5.74) is 2.27. The van der Waals surface area contributed by atoms with Crippen molar-refractivity contribution in [1.29, 1.82) is 0 Å². The number of Topliss-reactive ketones (excluding diaryl/α,β-unsaturated/α-hetero) is 1. The van der Waals surface area contributed by atoms with Crippen molar-refractivity contribution in [1.82, 2.24) is 10.3 Å². The fourth-order valence-electron chi connectivity index (χ4n) is 3.77. The van der Waals surface area contributed by atoms with Crippen molar-refractivity contribution in [2.45, 2.75) is 25.7 Å². The van der Waals surface area contributed by atoms with Crippen molar-refractivity contribution >= 4 is 34.1 Å². The van der Waals surface area contributed by atoms with Crippen molar-refractivity contribution in [2.24, 2.45) is 5.92 Å². The molecule has 1 heterocycles. The van der Waals surface area contributed by atoms with Gasteiger partial charge in [-0.2, -0.15) is 0 Å². The molecule has 0 saturated carbocycles. The van der Waals surface area contributed by atoms with E-state index in [0.29, 0.717) is 40.0 Å². The average Bonchev–Trinajstić information content (AvgIpc) is 3.25. The van der Waals surface area contributed by atoms with Crippen molar-refractivity contribution in [3.8, 4) is 5.75 Å². The summed E-state index contributed by atoms with van der Waals surface area (Å²) < 4.78 is 5.10. The molecule has 4 rings (SSSR count). The van der Waals surface area contributed by atoms with Crippen molar-refractivity contribution in [3.63, 3.8) is 0 Å². The number of hydrogen-bond acceptors (Lipinski definition) is 6. The molecular formula is C25H25N3O4S. The number of hydrogen-bond donors (Lipinski definition) is 2. The van der Waals surface area contributed by atoms with Crippen LogP contribution in [0, 0.1) is 5.92 Å². The van der Waals surface area contributed by atoms with Gasteiger partial charge in [0.25, 0.3) is 5.91 Å². The zero-order chi connectivity index (χ0) is 23.2. The van der Waals surface area contributed by atoms with Crippen LogP contribution in [0.4, 0.5) is 5.13 Å². The SMILES string of the molecule is COc1ccc(C(=O)Nc2nc3c(s2)C(=O)CC(C(=O)NCCCc2ccccc2)C3)cc1. The molecular weight excluding hydrogens is 438 g/mol. The van der Waals surface area contributed by atoms with Gasteiger partial charge in [-0.1, -0.05) is 41.7 Å². The number of thiazole rings is 1. The number of ether oxygens (including phenoxy) is 1. The smallest absolute Gasteiger partial charge is 0.257 e. The first-order valence-electron chi connectivity index (χ1n) is 10.8. The molecule has 7 nitrogen and oxygen atoms in total. The van der Waals surface area contributed by atoms with Crippen LogP contribution in [0.15, 0.2) is 54.6 Å². The van der Waals surface area contributed by atoms with Gasteiger partial charge in [0.15, 0.2) is 10.9 Å². The summed E-state index contributed by atoms with van der Waals surface area (Å²) in [6.07, 6.45) is 2.27. The van der Waals surface area contributed by atoms with Crippen LogP contribution >= 0.6 is 11.3 Å². The van der Waals surface area contributed by atoms with E-state index in [2.05, 4.69) is 27.8 Å². The lowest BCUT2D eigenvalue weighted by atomic mass is 9.89. The minimum Gasteiger partial charge on any atom is -0.497 e. The number of carbonyl (C=O) groups excluding carboxylic acids is 3. The maximum atomic E-state index is 12.6. The third-order valence-corrected chi connectivity index (χ3v) is 6.60. The molecule has 2 N–H and O–H groups in total. The minimum atomic E-state index is -0.436. The monoisotopic (exact) mass is 463 g/mol. The highest BCUT2D eigenvalue weighted by atomic mass is 32.1. The second-order valence-electron chi connectivity index (χ2n) is 7.89. The van der Waals surface area contributed by atoms with E-state index in [0.717, 1.165) is 24.2 Å². The van der Waals surface area contributed by atoms with Gasteiger partial charge in [-0.05, 0) is 42.7 Å². The lowest BCUT2D eigenvalue weighted by Crippen LogP contribution is -2.36. The van der Waals surface area contributed by atoms with E-state index < -0.39 is 5.92 Å². The Kier molecular flexibility index (Phi) is 7.14. The van der Waals surface area contributed by atoms with Crippen molar-refractivity contribution in [3.05, 3.63) is 76.3 Å². The fourth-order valence-corrected chi connectivity index (χ4v) is 4.71. The predicted octanol–water partition coefficient (Wildman–Crippen LogP) is 3.90. The molecule has 1 unspecified atom stereocenters. The van der Waals surface area contributed by atoms with E-state index in [-0.39, 0.29) is 24.0 Å². The first kappa shape index (κ1) is 22.7. The van der Waals surface area contributed by atoms with E-state index in [9.17, 15) is 14.4 Å². The van der Waals surface area contributed by atoms with Crippen molar-refractivity contribution in [2.75, 3.05) is 19.0 Å². The summed E-state index contributed by atoms with van der Waals surface area (Å²) >= 11 is 1.16. The minimum absolute atomic E-state index is 0.108. The van der Waals surface area contributed by atoms with Crippen LogP contribution in [0.3, 0.4) is 0 Å². The van der Waals surface area contributed by atoms with E-state index in [1.54, 1.807) is 31.4 Å². The average molecular weight is 464 g/mol. The Morgan fingerprint density at radius 3 is 2.58 bits per heavy atom. The maximum absolute atomic E-state index is 12.6. The highest BCUT2D eigenvalue weighted by Crippen LogP contribution is 2.32. The first-order chi connectivity index (χ1) is 16.0. The second kappa shape index (κ2) is 10.4. The number of nitrogens with zero attached hydrogens (tertiary/aromatic N) is 1. The Hall–Kier alpha value is -3.52. The van der Waals surface area contributed by atoms with Crippen LogP contribution in [-0.4, -0.2) is 36.2 Å². The number of aromatic nitrogens is 1. The Morgan fingerprint density at radius 1 is 1.09 bits per heavy atom. The molecule has 1 atom stereocenters. The Morgan fingerprint density at radius 2 is 1.85 bits per heavy atom. The number of ketones is 1. The molecule has 0 aliphatic heterocycles. The lowest BCUT2D eigenvalue weighted by Gasteiger charge is -2.19. The summed E-state index contributed by atoms with van der Waals surface area (Å²) in [5.74, 6) is -0.328. The number of aryl methyl sites for hydroxylation is 1. The van der Waals surface area contributed by atoms with E-state index in [1.165, 1.54) is 5.56 Å². The highest BCUT2D eigenvalue weighted by molar-refractivity contribution is 7.17. The van der Waals surface area contributed by atoms with E-state index in [1.807, 2.05) is 18.2 Å². The molecule has 0 saturated heterocycles. The van der Waals surface area contributed by atoms with E-state index >= 15 is 0 Å². The topological polar surface area (TPSA) is 97.4 Å². The van der Waals surface area contributed by atoms with Gasteiger partial charge in [0.1, 0.15) is 5.75 Å². The molecule has 1 aliphatic carbocycles. The third-order valence-electron chi connectivity index (χ3n) is 5.55. The molecule has 0 radical (unpaired) electrons. The van der Waals surface area contributed by atoms with Crippen LogP contribution < -0.4 is 15.4 Å².